The molecule has 0 aromatic heterocycles. The predicted molar refractivity (Wildman–Crippen MR) is 55.2 cm³/mol. The van der Waals surface area contributed by atoms with Gasteiger partial charge in [-0.1, -0.05) is 5.57 Å². The smallest absolute Gasteiger partial charge is 0.201 e. The first-order valence-corrected chi connectivity index (χ1v) is 4.36. The summed E-state index contributed by atoms with van der Waals surface area (Å²) in [5.74, 6) is -2.15. The molecule has 3 N–H and O–H groups in total. The molecule has 1 rings (SSSR count). The summed E-state index contributed by atoms with van der Waals surface area (Å²) in [5, 5.41) is 27.7. The van der Waals surface area contributed by atoms with Crippen LogP contribution in [0.2, 0.25) is 0 Å². The fourth-order valence-corrected chi connectivity index (χ4v) is 1.11. The average molecular weight is 208 g/mol. The number of phenolic OH excluding ortho intramolecular Hbond substituents is 3. The van der Waals surface area contributed by atoms with Crippen LogP contribution in [0.25, 0.3) is 0 Å². The first kappa shape index (κ1) is 11.1. The van der Waals surface area contributed by atoms with E-state index in [4.69, 9.17) is 5.11 Å². The van der Waals surface area contributed by atoms with Crippen molar-refractivity contribution in [3.8, 4) is 17.2 Å². The molecule has 0 saturated heterocycles. The number of aromatic hydroxyl groups is 3. The molecule has 0 amide bonds. The fourth-order valence-electron chi connectivity index (χ4n) is 1.11. The monoisotopic (exact) mass is 208 g/mol. The minimum atomic E-state index is -0.678. The maximum Gasteiger partial charge on any atom is 0.201 e. The molecular formula is C11H12O4. The molecule has 0 spiro atoms. The molecule has 0 unspecified atom stereocenters. The molecule has 1 aromatic carbocycles. The van der Waals surface area contributed by atoms with E-state index >= 15 is 0 Å². The SMILES string of the molecule is CC(C)=CC(=O)c1ccc(O)c(O)c1O. The summed E-state index contributed by atoms with van der Waals surface area (Å²) in [4.78, 5) is 11.5. The Morgan fingerprint density at radius 2 is 1.73 bits per heavy atom. The van der Waals surface area contributed by atoms with Crippen LogP contribution in [0.3, 0.4) is 0 Å². The Bertz CT molecular complexity index is 428. The normalized spacial score (nSPS) is 9.73. The Hall–Kier alpha value is -1.97. The Balaban J connectivity index is 3.23. The van der Waals surface area contributed by atoms with Gasteiger partial charge in [-0.05, 0) is 32.1 Å². The molecule has 4 heteroatoms. The van der Waals surface area contributed by atoms with Gasteiger partial charge in [-0.25, -0.2) is 0 Å². The lowest BCUT2D eigenvalue weighted by Gasteiger charge is -2.04. The van der Waals surface area contributed by atoms with Crippen molar-refractivity contribution in [1.29, 1.82) is 0 Å². The molecule has 0 fully saturated rings. The largest absolute Gasteiger partial charge is 0.504 e. The number of carbonyl (C=O) groups excluding carboxylic acids is 1. The number of hydrogen-bond acceptors (Lipinski definition) is 4. The van der Waals surface area contributed by atoms with Gasteiger partial charge in [0.1, 0.15) is 0 Å². The third kappa shape index (κ3) is 2.28. The predicted octanol–water partition coefficient (Wildman–Crippen LogP) is 1.95. The third-order valence-electron chi connectivity index (χ3n) is 1.82. The maximum absolute atomic E-state index is 11.5. The maximum atomic E-state index is 11.5. The van der Waals surface area contributed by atoms with Gasteiger partial charge in [0.15, 0.2) is 17.3 Å². The van der Waals surface area contributed by atoms with Crippen molar-refractivity contribution in [2.45, 2.75) is 13.8 Å². The minimum absolute atomic E-state index is 0.0356. The van der Waals surface area contributed by atoms with E-state index in [1.807, 2.05) is 0 Å². The van der Waals surface area contributed by atoms with Crippen LogP contribution < -0.4 is 0 Å². The van der Waals surface area contributed by atoms with Gasteiger partial charge in [0.05, 0.1) is 5.56 Å². The number of benzene rings is 1. The topological polar surface area (TPSA) is 77.8 Å². The fraction of sp³-hybridized carbons (Fsp3) is 0.182. The van der Waals surface area contributed by atoms with Crippen molar-refractivity contribution in [3.63, 3.8) is 0 Å². The van der Waals surface area contributed by atoms with Gasteiger partial charge >= 0.3 is 0 Å². The van der Waals surface area contributed by atoms with Crippen LogP contribution in [0.5, 0.6) is 17.2 Å². The van der Waals surface area contributed by atoms with Crippen molar-refractivity contribution in [3.05, 3.63) is 29.3 Å². The number of ketones is 1. The van der Waals surface area contributed by atoms with E-state index in [-0.39, 0.29) is 5.56 Å². The van der Waals surface area contributed by atoms with E-state index in [1.54, 1.807) is 13.8 Å². The summed E-state index contributed by atoms with van der Waals surface area (Å²) >= 11 is 0. The molecule has 0 bridgehead atoms. The molecular weight excluding hydrogens is 196 g/mol. The summed E-state index contributed by atoms with van der Waals surface area (Å²) < 4.78 is 0. The highest BCUT2D eigenvalue weighted by Crippen LogP contribution is 2.37. The molecule has 0 aliphatic rings. The average Bonchev–Trinajstić information content (AvgIpc) is 2.13. The number of allylic oxidation sites excluding steroid dienone is 2. The van der Waals surface area contributed by atoms with E-state index in [0.29, 0.717) is 0 Å². The molecule has 4 nitrogen and oxygen atoms in total. The van der Waals surface area contributed by atoms with Crippen molar-refractivity contribution >= 4 is 5.78 Å². The zero-order valence-electron chi connectivity index (χ0n) is 8.48. The second kappa shape index (κ2) is 4.04. The number of carbonyl (C=O) groups is 1. The Kier molecular flexibility index (Phi) is 2.99. The van der Waals surface area contributed by atoms with Crippen LogP contribution in [0.1, 0.15) is 24.2 Å². The summed E-state index contributed by atoms with van der Waals surface area (Å²) in [7, 11) is 0. The van der Waals surface area contributed by atoms with E-state index in [9.17, 15) is 15.0 Å². The second-order valence-corrected chi connectivity index (χ2v) is 3.42. The molecule has 1 aromatic rings. The highest BCUT2D eigenvalue weighted by Gasteiger charge is 2.15. The highest BCUT2D eigenvalue weighted by atomic mass is 16.3. The second-order valence-electron chi connectivity index (χ2n) is 3.42. The number of phenols is 3. The Morgan fingerprint density at radius 3 is 2.27 bits per heavy atom. The summed E-state index contributed by atoms with van der Waals surface area (Å²) in [6.45, 7) is 3.49. The van der Waals surface area contributed by atoms with Crippen LogP contribution >= 0.6 is 0 Å². The van der Waals surface area contributed by atoms with Gasteiger partial charge in [0, 0.05) is 0 Å². The summed E-state index contributed by atoms with van der Waals surface area (Å²) in [6.07, 6.45) is 1.34. The lowest BCUT2D eigenvalue weighted by molar-refractivity contribution is 0.104. The summed E-state index contributed by atoms with van der Waals surface area (Å²) in [5.41, 5.74) is 0.749. The van der Waals surface area contributed by atoms with Crippen LogP contribution in [0.4, 0.5) is 0 Å². The van der Waals surface area contributed by atoms with E-state index < -0.39 is 23.0 Å². The van der Waals surface area contributed by atoms with E-state index in [2.05, 4.69) is 0 Å². The molecule has 0 aliphatic heterocycles. The first-order chi connectivity index (χ1) is 6.93. The highest BCUT2D eigenvalue weighted by molar-refractivity contribution is 6.07. The van der Waals surface area contributed by atoms with Gasteiger partial charge in [-0.2, -0.15) is 0 Å². The molecule has 0 radical (unpaired) electrons. The molecule has 0 aliphatic carbocycles. The summed E-state index contributed by atoms with van der Waals surface area (Å²) in [6, 6.07) is 2.41. The van der Waals surface area contributed by atoms with Crippen molar-refractivity contribution in [1.82, 2.24) is 0 Å². The van der Waals surface area contributed by atoms with Gasteiger partial charge in [-0.15, -0.1) is 0 Å². The molecule has 0 atom stereocenters. The molecule has 15 heavy (non-hydrogen) atoms. The number of rotatable bonds is 2. The van der Waals surface area contributed by atoms with Crippen LogP contribution in [0.15, 0.2) is 23.8 Å². The Labute approximate surface area is 87.1 Å². The molecule has 80 valence electrons. The van der Waals surface area contributed by atoms with Crippen molar-refractivity contribution in [2.24, 2.45) is 0 Å². The Morgan fingerprint density at radius 1 is 1.13 bits per heavy atom. The van der Waals surface area contributed by atoms with E-state index in [1.165, 1.54) is 12.1 Å². The minimum Gasteiger partial charge on any atom is -0.504 e. The van der Waals surface area contributed by atoms with Crippen molar-refractivity contribution < 1.29 is 20.1 Å². The molecule has 0 saturated carbocycles. The zero-order valence-corrected chi connectivity index (χ0v) is 8.48. The van der Waals surface area contributed by atoms with Gasteiger partial charge in [0.25, 0.3) is 0 Å². The van der Waals surface area contributed by atoms with Gasteiger partial charge < -0.3 is 15.3 Å². The van der Waals surface area contributed by atoms with Crippen molar-refractivity contribution in [2.75, 3.05) is 0 Å². The quantitative estimate of drug-likeness (QED) is 0.394. The zero-order chi connectivity index (χ0) is 11.6. The van der Waals surface area contributed by atoms with Gasteiger partial charge in [-0.3, -0.25) is 4.79 Å². The molecule has 0 heterocycles. The van der Waals surface area contributed by atoms with Crippen LogP contribution in [-0.2, 0) is 0 Å². The van der Waals surface area contributed by atoms with Crippen LogP contribution in [0, 0.1) is 0 Å². The number of hydrogen-bond donors (Lipinski definition) is 3. The van der Waals surface area contributed by atoms with E-state index in [0.717, 1.165) is 11.6 Å². The van der Waals surface area contributed by atoms with Crippen LogP contribution in [-0.4, -0.2) is 21.1 Å². The third-order valence-corrected chi connectivity index (χ3v) is 1.82. The van der Waals surface area contributed by atoms with Gasteiger partial charge in [0.2, 0.25) is 5.75 Å². The first-order valence-electron chi connectivity index (χ1n) is 4.36. The lowest BCUT2D eigenvalue weighted by Crippen LogP contribution is -1.95. The standard InChI is InChI=1S/C11H12O4/c1-6(2)5-9(13)7-3-4-8(12)11(15)10(7)14/h3-5,12,14-15H,1-2H3. The lowest BCUT2D eigenvalue weighted by atomic mass is 10.1.